The lowest BCUT2D eigenvalue weighted by Crippen LogP contribution is -2.56. The van der Waals surface area contributed by atoms with Gasteiger partial charge in [-0.1, -0.05) is 27.7 Å². The number of primary amides is 1. The van der Waals surface area contributed by atoms with Gasteiger partial charge in [-0.05, 0) is 18.3 Å². The van der Waals surface area contributed by atoms with Crippen LogP contribution in [0.3, 0.4) is 0 Å². The van der Waals surface area contributed by atoms with E-state index in [1.165, 1.54) is 0 Å². The fourth-order valence-corrected chi connectivity index (χ4v) is 2.07. The normalized spacial score (nSPS) is 14.8. The molecule has 7 N–H and O–H groups in total. The number of rotatable bonds is 10. The summed E-state index contributed by atoms with van der Waals surface area (Å²) in [6.45, 7) is 7.23. The second kappa shape index (κ2) is 9.86. The van der Waals surface area contributed by atoms with Crippen LogP contribution in [0, 0.1) is 11.8 Å². The van der Waals surface area contributed by atoms with Crippen molar-refractivity contribution in [1.29, 1.82) is 0 Å². The van der Waals surface area contributed by atoms with Gasteiger partial charge in [0.1, 0.15) is 12.1 Å². The maximum Gasteiger partial charge on any atom is 0.326 e. The lowest BCUT2D eigenvalue weighted by molar-refractivity contribution is -0.144. The molecular formula is C15H28N4O5. The van der Waals surface area contributed by atoms with E-state index in [0.717, 1.165) is 0 Å². The largest absolute Gasteiger partial charge is 0.480 e. The Balaban J connectivity index is 4.97. The summed E-state index contributed by atoms with van der Waals surface area (Å²) in [7, 11) is 0. The van der Waals surface area contributed by atoms with E-state index >= 15 is 0 Å². The Morgan fingerprint density at radius 2 is 1.54 bits per heavy atom. The Morgan fingerprint density at radius 3 is 1.92 bits per heavy atom. The summed E-state index contributed by atoms with van der Waals surface area (Å²) < 4.78 is 0. The lowest BCUT2D eigenvalue weighted by atomic mass is 10.00. The smallest absolute Gasteiger partial charge is 0.326 e. The van der Waals surface area contributed by atoms with E-state index < -0.39 is 48.2 Å². The first kappa shape index (κ1) is 21.8. The molecule has 0 aliphatic rings. The van der Waals surface area contributed by atoms with E-state index in [1.54, 1.807) is 13.8 Å². The minimum Gasteiger partial charge on any atom is -0.480 e. The zero-order valence-electron chi connectivity index (χ0n) is 14.5. The standard InChI is InChI=1S/C15H28N4O5/c1-7(2)5-9(16)13(21)19-12(8(3)4)14(22)18-10(15(23)24)6-11(17)20/h7-10,12H,5-6,16H2,1-4H3,(H2,17,20)(H,18,22)(H,19,21)(H,23,24)/t9-,10-,12-/m0/s1. The predicted molar refractivity (Wildman–Crippen MR) is 87.6 cm³/mol. The second-order valence-corrected chi connectivity index (χ2v) is 6.54. The van der Waals surface area contributed by atoms with Crippen LogP contribution >= 0.6 is 0 Å². The Morgan fingerprint density at radius 1 is 1.00 bits per heavy atom. The molecule has 0 aliphatic carbocycles. The van der Waals surface area contributed by atoms with Gasteiger partial charge in [0.25, 0.3) is 0 Å². The summed E-state index contributed by atoms with van der Waals surface area (Å²) in [5.41, 5.74) is 10.8. The van der Waals surface area contributed by atoms with Gasteiger partial charge in [0.05, 0.1) is 12.5 Å². The lowest BCUT2D eigenvalue weighted by Gasteiger charge is -2.25. The number of nitrogens with one attached hydrogen (secondary N) is 2. The van der Waals surface area contributed by atoms with Crippen LogP contribution in [-0.2, 0) is 19.2 Å². The molecule has 0 aromatic heterocycles. The maximum atomic E-state index is 12.3. The first-order valence-electron chi connectivity index (χ1n) is 7.83. The number of carboxylic acids is 1. The van der Waals surface area contributed by atoms with E-state index in [4.69, 9.17) is 16.6 Å². The van der Waals surface area contributed by atoms with E-state index in [-0.39, 0.29) is 11.8 Å². The molecule has 9 heteroatoms. The SMILES string of the molecule is CC(C)C[C@H](N)C(=O)N[C@H](C(=O)N[C@@H](CC(N)=O)C(=O)O)C(C)C. The molecule has 9 nitrogen and oxygen atoms in total. The van der Waals surface area contributed by atoms with Crippen molar-refractivity contribution in [3.63, 3.8) is 0 Å². The van der Waals surface area contributed by atoms with Crippen molar-refractivity contribution >= 4 is 23.7 Å². The summed E-state index contributed by atoms with van der Waals surface area (Å²) >= 11 is 0. The molecule has 0 saturated carbocycles. The molecule has 3 atom stereocenters. The summed E-state index contributed by atoms with van der Waals surface area (Å²) in [5.74, 6) is -3.52. The minimum absolute atomic E-state index is 0.212. The summed E-state index contributed by atoms with van der Waals surface area (Å²) in [6, 6.07) is -3.18. The van der Waals surface area contributed by atoms with Crippen LogP contribution in [0.25, 0.3) is 0 Å². The highest BCUT2D eigenvalue weighted by molar-refractivity contribution is 5.93. The molecule has 0 fully saturated rings. The quantitative estimate of drug-likeness (QED) is 0.339. The molecule has 0 bridgehead atoms. The fraction of sp³-hybridized carbons (Fsp3) is 0.733. The Labute approximate surface area is 141 Å². The minimum atomic E-state index is -1.45. The number of carbonyl (C=O) groups is 4. The molecule has 3 amide bonds. The number of aliphatic carboxylic acids is 1. The first-order chi connectivity index (χ1) is 11.0. The molecule has 0 aromatic carbocycles. The highest BCUT2D eigenvalue weighted by Gasteiger charge is 2.30. The molecule has 0 aliphatic heterocycles. The van der Waals surface area contributed by atoms with Gasteiger partial charge in [-0.15, -0.1) is 0 Å². The summed E-state index contributed by atoms with van der Waals surface area (Å²) in [4.78, 5) is 46.3. The topological polar surface area (TPSA) is 165 Å². The van der Waals surface area contributed by atoms with Crippen molar-refractivity contribution in [1.82, 2.24) is 10.6 Å². The van der Waals surface area contributed by atoms with Gasteiger partial charge in [-0.25, -0.2) is 4.79 Å². The molecular weight excluding hydrogens is 316 g/mol. The van der Waals surface area contributed by atoms with Crippen LogP contribution in [0.4, 0.5) is 0 Å². The highest BCUT2D eigenvalue weighted by atomic mass is 16.4. The van der Waals surface area contributed by atoms with Crippen LogP contribution in [0.2, 0.25) is 0 Å². The fourth-order valence-electron chi connectivity index (χ4n) is 2.07. The number of amides is 3. The van der Waals surface area contributed by atoms with Gasteiger partial charge >= 0.3 is 5.97 Å². The molecule has 0 aromatic rings. The third-order valence-corrected chi connectivity index (χ3v) is 3.33. The van der Waals surface area contributed by atoms with Gasteiger partial charge in [0, 0.05) is 0 Å². The van der Waals surface area contributed by atoms with Gasteiger partial charge < -0.3 is 27.2 Å². The molecule has 0 rings (SSSR count). The maximum absolute atomic E-state index is 12.3. The van der Waals surface area contributed by atoms with Gasteiger partial charge in [0.2, 0.25) is 17.7 Å². The molecule has 0 spiro atoms. The molecule has 0 unspecified atom stereocenters. The van der Waals surface area contributed by atoms with Gasteiger partial charge in [-0.3, -0.25) is 14.4 Å². The van der Waals surface area contributed by atoms with Crippen LogP contribution in [-0.4, -0.2) is 46.9 Å². The Kier molecular flexibility index (Phi) is 8.97. The monoisotopic (exact) mass is 344 g/mol. The Bertz CT molecular complexity index is 478. The average Bonchev–Trinajstić information content (AvgIpc) is 2.41. The van der Waals surface area contributed by atoms with Crippen molar-refractivity contribution in [2.24, 2.45) is 23.3 Å². The molecule has 0 saturated heterocycles. The van der Waals surface area contributed by atoms with Crippen LogP contribution < -0.4 is 22.1 Å². The molecule has 0 heterocycles. The highest BCUT2D eigenvalue weighted by Crippen LogP contribution is 2.07. The summed E-state index contributed by atoms with van der Waals surface area (Å²) in [5, 5.41) is 13.8. The van der Waals surface area contributed by atoms with E-state index in [9.17, 15) is 19.2 Å². The molecule has 0 radical (unpaired) electrons. The molecule has 138 valence electrons. The predicted octanol–water partition coefficient (Wildman–Crippen LogP) is -1.05. The van der Waals surface area contributed by atoms with Crippen LogP contribution in [0.15, 0.2) is 0 Å². The molecule has 24 heavy (non-hydrogen) atoms. The van der Waals surface area contributed by atoms with Crippen molar-refractivity contribution in [3.8, 4) is 0 Å². The van der Waals surface area contributed by atoms with E-state index in [0.29, 0.717) is 6.42 Å². The zero-order valence-corrected chi connectivity index (χ0v) is 14.5. The van der Waals surface area contributed by atoms with Crippen molar-refractivity contribution in [2.75, 3.05) is 0 Å². The van der Waals surface area contributed by atoms with Gasteiger partial charge in [-0.2, -0.15) is 0 Å². The number of hydrogen-bond acceptors (Lipinski definition) is 5. The van der Waals surface area contributed by atoms with E-state index in [2.05, 4.69) is 10.6 Å². The van der Waals surface area contributed by atoms with Crippen molar-refractivity contribution in [3.05, 3.63) is 0 Å². The van der Waals surface area contributed by atoms with Crippen molar-refractivity contribution < 1.29 is 24.3 Å². The first-order valence-corrected chi connectivity index (χ1v) is 7.83. The van der Waals surface area contributed by atoms with Crippen LogP contribution in [0.1, 0.15) is 40.5 Å². The number of carboxylic acid groups (broad SMARTS) is 1. The summed E-state index contributed by atoms with van der Waals surface area (Å²) in [6.07, 6.45) is -0.0790. The van der Waals surface area contributed by atoms with Crippen LogP contribution in [0.5, 0.6) is 0 Å². The third kappa shape index (κ3) is 7.91. The number of nitrogens with two attached hydrogens (primary N) is 2. The average molecular weight is 344 g/mol. The van der Waals surface area contributed by atoms with Crippen molar-refractivity contribution in [2.45, 2.75) is 58.7 Å². The zero-order chi connectivity index (χ0) is 19.0. The Hall–Kier alpha value is -2.16. The van der Waals surface area contributed by atoms with Gasteiger partial charge in [0.15, 0.2) is 0 Å². The second-order valence-electron chi connectivity index (χ2n) is 6.54. The van der Waals surface area contributed by atoms with E-state index in [1.807, 2.05) is 13.8 Å². The third-order valence-electron chi connectivity index (χ3n) is 3.33. The number of hydrogen-bond donors (Lipinski definition) is 5. The number of carbonyl (C=O) groups excluding carboxylic acids is 3.